The maximum atomic E-state index is 15.6. The van der Waals surface area contributed by atoms with Crippen molar-refractivity contribution in [3.63, 3.8) is 0 Å². The Labute approximate surface area is 237 Å². The van der Waals surface area contributed by atoms with Crippen LogP contribution in [0.15, 0.2) is 84.3 Å². The lowest BCUT2D eigenvalue weighted by Crippen LogP contribution is -2.21. The summed E-state index contributed by atoms with van der Waals surface area (Å²) in [6, 6.07) is 13.5. The standard InChI is InChI=1S/C27H15F6N7O2S/c28-14-4-3-7-20(22(14)27(31,32)33)43(41,42)39-17-9-8-15(29)24(23(17)30)38-26-25-18(34-12-35-26)10-11-21(37-25)40-13-36-16-5-1-2-6-19(16)40/h1-13,39H,(H,34,35,38). The molecular weight excluding hydrogens is 600 g/mol. The van der Waals surface area contributed by atoms with Crippen LogP contribution in [0.4, 0.5) is 43.5 Å². The molecule has 2 N–H and O–H groups in total. The number of hydrogen-bond donors (Lipinski definition) is 2. The van der Waals surface area contributed by atoms with Gasteiger partial charge in [0.15, 0.2) is 11.6 Å². The van der Waals surface area contributed by atoms with Gasteiger partial charge in [-0.3, -0.25) is 9.29 Å². The lowest BCUT2D eigenvalue weighted by atomic mass is 10.2. The van der Waals surface area contributed by atoms with E-state index < -0.39 is 55.5 Å². The summed E-state index contributed by atoms with van der Waals surface area (Å²) in [6.45, 7) is 0. The van der Waals surface area contributed by atoms with Crippen molar-refractivity contribution in [2.24, 2.45) is 0 Å². The van der Waals surface area contributed by atoms with Crippen LogP contribution in [0.5, 0.6) is 0 Å². The highest BCUT2D eigenvalue weighted by Gasteiger charge is 2.40. The molecule has 43 heavy (non-hydrogen) atoms. The smallest absolute Gasteiger partial charge is 0.333 e. The zero-order valence-electron chi connectivity index (χ0n) is 21.2. The fourth-order valence-electron chi connectivity index (χ4n) is 4.36. The average Bonchev–Trinajstić information content (AvgIpc) is 3.40. The van der Waals surface area contributed by atoms with Gasteiger partial charge in [-0.1, -0.05) is 18.2 Å². The van der Waals surface area contributed by atoms with Crippen LogP contribution in [-0.2, 0) is 16.2 Å². The molecule has 0 unspecified atom stereocenters. The van der Waals surface area contributed by atoms with Crippen LogP contribution in [0.1, 0.15) is 5.56 Å². The Bertz CT molecular complexity index is 2150. The first kappa shape index (κ1) is 27.9. The molecule has 3 aromatic heterocycles. The van der Waals surface area contributed by atoms with E-state index >= 15 is 4.39 Å². The van der Waals surface area contributed by atoms with Crippen molar-refractivity contribution in [1.82, 2.24) is 24.5 Å². The number of fused-ring (bicyclic) bond motifs is 2. The zero-order chi connectivity index (χ0) is 30.5. The summed E-state index contributed by atoms with van der Waals surface area (Å²) in [7, 11) is -5.20. The van der Waals surface area contributed by atoms with Gasteiger partial charge in [-0.05, 0) is 48.5 Å². The number of nitrogens with one attached hydrogen (secondary N) is 2. The largest absolute Gasteiger partial charge is 0.420 e. The summed E-state index contributed by atoms with van der Waals surface area (Å²) in [5.41, 5.74) is -2.09. The van der Waals surface area contributed by atoms with Gasteiger partial charge in [-0.2, -0.15) is 13.2 Å². The van der Waals surface area contributed by atoms with Crippen molar-refractivity contribution in [3.8, 4) is 5.82 Å². The number of sulfonamides is 1. The molecule has 6 rings (SSSR count). The van der Waals surface area contributed by atoms with E-state index in [2.05, 4.69) is 25.3 Å². The van der Waals surface area contributed by atoms with Crippen LogP contribution in [0.3, 0.4) is 0 Å². The molecule has 0 atom stereocenters. The van der Waals surface area contributed by atoms with Crippen molar-refractivity contribution in [2.45, 2.75) is 11.1 Å². The summed E-state index contributed by atoms with van der Waals surface area (Å²) in [5, 5.41) is 2.44. The molecule has 218 valence electrons. The Morgan fingerprint density at radius 3 is 2.37 bits per heavy atom. The summed E-state index contributed by atoms with van der Waals surface area (Å²) >= 11 is 0. The predicted molar refractivity (Wildman–Crippen MR) is 144 cm³/mol. The van der Waals surface area contributed by atoms with E-state index in [1.807, 2.05) is 18.2 Å². The second-order valence-corrected chi connectivity index (χ2v) is 10.6. The minimum atomic E-state index is -5.38. The number of aromatic nitrogens is 5. The Morgan fingerprint density at radius 2 is 1.58 bits per heavy atom. The number of halogens is 6. The zero-order valence-corrected chi connectivity index (χ0v) is 22.1. The first-order valence-electron chi connectivity index (χ1n) is 12.1. The van der Waals surface area contributed by atoms with Gasteiger partial charge in [0, 0.05) is 0 Å². The van der Waals surface area contributed by atoms with E-state index in [9.17, 15) is 30.4 Å². The maximum absolute atomic E-state index is 15.6. The molecule has 0 aliphatic heterocycles. The minimum Gasteiger partial charge on any atom is -0.333 e. The second-order valence-electron chi connectivity index (χ2n) is 8.99. The lowest BCUT2D eigenvalue weighted by molar-refractivity contribution is -0.142. The molecule has 3 heterocycles. The molecule has 0 bridgehead atoms. The predicted octanol–water partition coefficient (Wildman–Crippen LogP) is 6.34. The highest BCUT2D eigenvalue weighted by atomic mass is 32.2. The number of hydrogen-bond acceptors (Lipinski definition) is 7. The molecule has 6 aromatic rings. The quantitative estimate of drug-likeness (QED) is 0.210. The molecule has 0 radical (unpaired) electrons. The minimum absolute atomic E-state index is 0.0807. The van der Waals surface area contributed by atoms with Crippen LogP contribution in [0.25, 0.3) is 27.9 Å². The van der Waals surface area contributed by atoms with E-state index in [-0.39, 0.29) is 16.9 Å². The van der Waals surface area contributed by atoms with Crippen LogP contribution >= 0.6 is 0 Å². The monoisotopic (exact) mass is 615 g/mol. The van der Waals surface area contributed by atoms with Crippen LogP contribution in [0, 0.1) is 17.5 Å². The first-order valence-corrected chi connectivity index (χ1v) is 13.6. The van der Waals surface area contributed by atoms with Crippen LogP contribution in [-0.4, -0.2) is 32.9 Å². The molecule has 0 fully saturated rings. The van der Waals surface area contributed by atoms with Crippen molar-refractivity contribution in [2.75, 3.05) is 10.0 Å². The number of alkyl halides is 3. The third kappa shape index (κ3) is 5.05. The lowest BCUT2D eigenvalue weighted by Gasteiger charge is -2.17. The van der Waals surface area contributed by atoms with E-state index in [0.717, 1.165) is 17.9 Å². The summed E-state index contributed by atoms with van der Waals surface area (Å²) in [5.74, 6) is -4.35. The Kier molecular flexibility index (Phi) is 6.64. The molecule has 9 nitrogen and oxygen atoms in total. The fraction of sp³-hybridized carbons (Fsp3) is 0.0370. The van der Waals surface area contributed by atoms with Gasteiger partial charge in [0.05, 0.1) is 22.2 Å². The number of para-hydroxylation sites is 2. The number of imidazole rings is 1. The molecule has 16 heteroatoms. The third-order valence-electron chi connectivity index (χ3n) is 6.29. The van der Waals surface area contributed by atoms with Gasteiger partial charge in [-0.15, -0.1) is 0 Å². The second kappa shape index (κ2) is 10.2. The first-order chi connectivity index (χ1) is 20.4. The summed E-state index contributed by atoms with van der Waals surface area (Å²) in [6.07, 6.45) is -2.75. The Hall–Kier alpha value is -5.25. The number of pyridine rings is 1. The normalized spacial score (nSPS) is 12.1. The molecule has 0 aliphatic rings. The summed E-state index contributed by atoms with van der Waals surface area (Å²) in [4.78, 5) is 15.5. The van der Waals surface area contributed by atoms with Crippen LogP contribution < -0.4 is 10.0 Å². The van der Waals surface area contributed by atoms with Crippen molar-refractivity contribution in [1.29, 1.82) is 0 Å². The van der Waals surface area contributed by atoms with Gasteiger partial charge in [0.25, 0.3) is 10.0 Å². The number of rotatable bonds is 6. The third-order valence-corrected chi connectivity index (χ3v) is 7.70. The molecule has 0 saturated heterocycles. The Morgan fingerprint density at radius 1 is 0.791 bits per heavy atom. The highest BCUT2D eigenvalue weighted by molar-refractivity contribution is 7.92. The molecule has 0 spiro atoms. The molecule has 0 amide bonds. The average molecular weight is 616 g/mol. The van der Waals surface area contributed by atoms with Crippen molar-refractivity contribution < 1.29 is 34.8 Å². The topological polar surface area (TPSA) is 115 Å². The highest BCUT2D eigenvalue weighted by Crippen LogP contribution is 2.38. The SMILES string of the molecule is O=S(=O)(Nc1ccc(F)c(Nc2ncnc3ccc(-n4cnc5ccccc54)nc23)c1F)c1cccc(F)c1C(F)(F)F. The molecule has 0 aliphatic carbocycles. The van der Waals surface area contributed by atoms with Crippen molar-refractivity contribution in [3.05, 3.63) is 102 Å². The van der Waals surface area contributed by atoms with E-state index in [1.54, 1.807) is 27.5 Å². The fourth-order valence-corrected chi connectivity index (χ4v) is 5.66. The van der Waals surface area contributed by atoms with E-state index in [0.29, 0.717) is 35.6 Å². The number of nitrogens with zero attached hydrogens (tertiary/aromatic N) is 5. The molecule has 0 saturated carbocycles. The van der Waals surface area contributed by atoms with Gasteiger partial charge in [0.1, 0.15) is 51.8 Å². The van der Waals surface area contributed by atoms with Gasteiger partial charge < -0.3 is 5.32 Å². The van der Waals surface area contributed by atoms with Gasteiger partial charge in [-0.25, -0.2) is 41.5 Å². The molecular formula is C27H15F6N7O2S. The van der Waals surface area contributed by atoms with E-state index in [4.69, 9.17) is 0 Å². The van der Waals surface area contributed by atoms with Gasteiger partial charge in [0.2, 0.25) is 0 Å². The van der Waals surface area contributed by atoms with Crippen LogP contribution in [0.2, 0.25) is 0 Å². The maximum Gasteiger partial charge on any atom is 0.420 e. The Balaban J connectivity index is 1.39. The molecule has 3 aromatic carbocycles. The summed E-state index contributed by atoms with van der Waals surface area (Å²) < 4.78 is 114. The van der Waals surface area contributed by atoms with Gasteiger partial charge >= 0.3 is 6.18 Å². The number of anilines is 3. The number of benzene rings is 3. The van der Waals surface area contributed by atoms with Crippen molar-refractivity contribution >= 4 is 49.3 Å². The van der Waals surface area contributed by atoms with E-state index in [1.165, 1.54) is 6.33 Å².